The number of hydrogen-bond donors (Lipinski definition) is 1. The molecule has 1 heterocycles. The Labute approximate surface area is 126 Å². The van der Waals surface area contributed by atoms with Crippen molar-refractivity contribution in [2.45, 2.75) is 6.92 Å². The van der Waals surface area contributed by atoms with Crippen molar-refractivity contribution < 1.29 is 4.39 Å². The Morgan fingerprint density at radius 2 is 2.00 bits per heavy atom. The van der Waals surface area contributed by atoms with Crippen molar-refractivity contribution in [2.24, 2.45) is 0 Å². The van der Waals surface area contributed by atoms with Gasteiger partial charge in [-0.25, -0.2) is 9.37 Å². The molecule has 0 bridgehead atoms. The molecule has 6 heteroatoms. The van der Waals surface area contributed by atoms with Crippen LogP contribution in [0, 0.1) is 12.7 Å². The van der Waals surface area contributed by atoms with E-state index in [9.17, 15) is 4.39 Å². The maximum absolute atomic E-state index is 13.0. The molecule has 0 saturated heterocycles. The molecule has 0 amide bonds. The quantitative estimate of drug-likeness (QED) is 0.695. The van der Waals surface area contributed by atoms with E-state index < -0.39 is 0 Å². The lowest BCUT2D eigenvalue weighted by atomic mass is 10.1. The van der Waals surface area contributed by atoms with Crippen LogP contribution >= 0.6 is 43.5 Å². The molecule has 0 radical (unpaired) electrons. The van der Waals surface area contributed by atoms with Gasteiger partial charge in [0.2, 0.25) is 0 Å². The van der Waals surface area contributed by atoms with Gasteiger partial charge in [-0.15, -0.1) is 0 Å². The molecular weight excluding hydrogens is 386 g/mol. The molecule has 2 nitrogen and oxygen atoms in total. The van der Waals surface area contributed by atoms with E-state index >= 15 is 0 Å². The topological polar surface area (TPSA) is 38.9 Å². The predicted molar refractivity (Wildman–Crippen MR) is 79.2 cm³/mol. The van der Waals surface area contributed by atoms with E-state index in [4.69, 9.17) is 17.3 Å². The van der Waals surface area contributed by atoms with E-state index in [1.54, 1.807) is 6.07 Å². The molecule has 1 aromatic carbocycles. The zero-order valence-electron chi connectivity index (χ0n) is 9.27. The highest BCUT2D eigenvalue weighted by Crippen LogP contribution is 2.37. The molecule has 2 aromatic rings. The summed E-state index contributed by atoms with van der Waals surface area (Å²) < 4.78 is 14.3. The molecular formula is C12H8Br2ClFN2. The van der Waals surface area contributed by atoms with Crippen LogP contribution in [0.3, 0.4) is 0 Å². The van der Waals surface area contributed by atoms with Crippen molar-refractivity contribution in [2.75, 3.05) is 5.73 Å². The van der Waals surface area contributed by atoms with Crippen LogP contribution in [-0.2, 0) is 0 Å². The van der Waals surface area contributed by atoms with Gasteiger partial charge in [0.1, 0.15) is 10.4 Å². The first-order valence-electron chi connectivity index (χ1n) is 4.98. The summed E-state index contributed by atoms with van der Waals surface area (Å²) >= 11 is 12.7. The fourth-order valence-electron chi connectivity index (χ4n) is 1.58. The number of hydrogen-bond acceptors (Lipinski definition) is 2. The van der Waals surface area contributed by atoms with Crippen LogP contribution in [0.5, 0.6) is 0 Å². The number of nitrogens with two attached hydrogens (primary N) is 1. The van der Waals surface area contributed by atoms with E-state index in [0.717, 1.165) is 10.0 Å². The molecule has 18 heavy (non-hydrogen) atoms. The molecule has 0 aliphatic carbocycles. The third-order valence-electron chi connectivity index (χ3n) is 2.54. The zero-order chi connectivity index (χ0) is 13.4. The van der Waals surface area contributed by atoms with Gasteiger partial charge in [-0.3, -0.25) is 0 Å². The van der Waals surface area contributed by atoms with Gasteiger partial charge in [0, 0.05) is 10.0 Å². The number of benzene rings is 1. The number of pyridine rings is 1. The number of aromatic nitrogens is 1. The second kappa shape index (κ2) is 5.15. The van der Waals surface area contributed by atoms with Crippen molar-refractivity contribution in [1.29, 1.82) is 0 Å². The average Bonchev–Trinajstić information content (AvgIpc) is 2.32. The molecule has 0 aliphatic heterocycles. The average molecular weight is 394 g/mol. The van der Waals surface area contributed by atoms with Crippen LogP contribution in [0.15, 0.2) is 27.3 Å². The van der Waals surface area contributed by atoms with Crippen LogP contribution in [0.25, 0.3) is 11.3 Å². The van der Waals surface area contributed by atoms with Gasteiger partial charge in [-0.05, 0) is 62.5 Å². The first-order chi connectivity index (χ1) is 8.41. The van der Waals surface area contributed by atoms with E-state index in [0.29, 0.717) is 26.6 Å². The minimum Gasteiger partial charge on any atom is -0.396 e. The smallest absolute Gasteiger partial charge is 0.130 e. The molecule has 2 rings (SSSR count). The molecule has 94 valence electrons. The van der Waals surface area contributed by atoms with Gasteiger partial charge in [0.25, 0.3) is 0 Å². The minimum atomic E-state index is -0.380. The van der Waals surface area contributed by atoms with Crippen molar-refractivity contribution >= 4 is 49.1 Å². The zero-order valence-corrected chi connectivity index (χ0v) is 13.2. The Kier molecular flexibility index (Phi) is 3.94. The monoisotopic (exact) mass is 392 g/mol. The number of anilines is 1. The van der Waals surface area contributed by atoms with E-state index in [1.807, 2.05) is 6.92 Å². The normalized spacial score (nSPS) is 10.7. The largest absolute Gasteiger partial charge is 0.396 e. The summed E-state index contributed by atoms with van der Waals surface area (Å²) in [7, 11) is 0. The number of nitrogens with zero attached hydrogens (tertiary/aromatic N) is 1. The summed E-state index contributed by atoms with van der Waals surface area (Å²) in [5, 5.41) is 0.314. The second-order valence-corrected chi connectivity index (χ2v) is 5.68. The molecule has 0 aliphatic rings. The molecule has 0 saturated carbocycles. The van der Waals surface area contributed by atoms with Gasteiger partial charge in [0.05, 0.1) is 16.4 Å². The first-order valence-corrected chi connectivity index (χ1v) is 6.94. The standard InChI is InChI=1S/C12H8Br2ClFN2/c1-5-9(13)10(17)12(14)18-11(5)7-3-2-6(16)4-8(7)15/h2-4H,17H2,1H3. The lowest BCUT2D eigenvalue weighted by Gasteiger charge is -2.12. The van der Waals surface area contributed by atoms with Crippen molar-refractivity contribution in [3.05, 3.63) is 43.7 Å². The van der Waals surface area contributed by atoms with Gasteiger partial charge in [-0.1, -0.05) is 11.6 Å². The van der Waals surface area contributed by atoms with Crippen molar-refractivity contribution in [3.63, 3.8) is 0 Å². The Bertz CT molecular complexity index is 632. The maximum atomic E-state index is 13.0. The van der Waals surface area contributed by atoms with Gasteiger partial charge in [0.15, 0.2) is 0 Å². The van der Waals surface area contributed by atoms with Gasteiger partial charge >= 0.3 is 0 Å². The fourth-order valence-corrected chi connectivity index (χ4v) is 2.86. The second-order valence-electron chi connectivity index (χ2n) is 3.73. The SMILES string of the molecule is Cc1c(-c2ccc(F)cc2Cl)nc(Br)c(N)c1Br. The van der Waals surface area contributed by atoms with Crippen LogP contribution in [-0.4, -0.2) is 4.98 Å². The van der Waals surface area contributed by atoms with Gasteiger partial charge in [-0.2, -0.15) is 0 Å². The third kappa shape index (κ3) is 2.39. The molecule has 1 aromatic heterocycles. The molecule has 0 spiro atoms. The third-order valence-corrected chi connectivity index (χ3v) is 4.48. The van der Waals surface area contributed by atoms with E-state index in [-0.39, 0.29) is 5.82 Å². The Morgan fingerprint density at radius 1 is 1.33 bits per heavy atom. The predicted octanol–water partition coefficient (Wildman–Crippen LogP) is 4.96. The summed E-state index contributed by atoms with van der Waals surface area (Å²) in [6, 6.07) is 4.21. The fraction of sp³-hybridized carbons (Fsp3) is 0.0833. The number of nitrogen functional groups attached to an aromatic ring is 1. The maximum Gasteiger partial charge on any atom is 0.130 e. The van der Waals surface area contributed by atoms with Crippen molar-refractivity contribution in [3.8, 4) is 11.3 Å². The van der Waals surface area contributed by atoms with Crippen LogP contribution in [0.4, 0.5) is 10.1 Å². The van der Waals surface area contributed by atoms with Gasteiger partial charge < -0.3 is 5.73 Å². The summed E-state index contributed by atoms with van der Waals surface area (Å²) in [6.07, 6.45) is 0. The van der Waals surface area contributed by atoms with E-state index in [1.165, 1.54) is 12.1 Å². The summed E-state index contributed by atoms with van der Waals surface area (Å²) in [5.74, 6) is -0.380. The van der Waals surface area contributed by atoms with Crippen molar-refractivity contribution in [1.82, 2.24) is 4.98 Å². The molecule has 2 N–H and O–H groups in total. The van der Waals surface area contributed by atoms with Crippen LogP contribution in [0.2, 0.25) is 5.02 Å². The Morgan fingerprint density at radius 3 is 2.61 bits per heavy atom. The number of halogens is 4. The Hall–Kier alpha value is -0.650. The van der Waals surface area contributed by atoms with Crippen LogP contribution < -0.4 is 5.73 Å². The molecule has 0 atom stereocenters. The summed E-state index contributed by atoms with van der Waals surface area (Å²) in [6.45, 7) is 1.87. The highest BCUT2D eigenvalue weighted by molar-refractivity contribution is 9.11. The number of rotatable bonds is 1. The summed E-state index contributed by atoms with van der Waals surface area (Å²) in [5.41, 5.74) is 8.54. The molecule has 0 fully saturated rings. The highest BCUT2D eigenvalue weighted by atomic mass is 79.9. The lowest BCUT2D eigenvalue weighted by Crippen LogP contribution is -1.98. The highest BCUT2D eigenvalue weighted by Gasteiger charge is 2.15. The molecule has 0 unspecified atom stereocenters. The van der Waals surface area contributed by atoms with E-state index in [2.05, 4.69) is 36.8 Å². The lowest BCUT2D eigenvalue weighted by molar-refractivity contribution is 0.628. The Balaban J connectivity index is 2.72. The first kappa shape index (κ1) is 13.8. The van der Waals surface area contributed by atoms with Crippen LogP contribution in [0.1, 0.15) is 5.56 Å². The summed E-state index contributed by atoms with van der Waals surface area (Å²) in [4.78, 5) is 4.35. The minimum absolute atomic E-state index is 0.314.